The van der Waals surface area contributed by atoms with Crippen LogP contribution in [0, 0.1) is 5.92 Å². The third kappa shape index (κ3) is 4.39. The van der Waals surface area contributed by atoms with Gasteiger partial charge in [0, 0.05) is 19.3 Å². The summed E-state index contributed by atoms with van der Waals surface area (Å²) in [6.45, 7) is 2.58. The Morgan fingerprint density at radius 1 is 1.25 bits per heavy atom. The van der Waals surface area contributed by atoms with Gasteiger partial charge in [0.1, 0.15) is 0 Å². The summed E-state index contributed by atoms with van der Waals surface area (Å²) in [4.78, 5) is 0. The molecule has 1 N–H and O–H groups in total. The number of hydrogen-bond acceptors (Lipinski definition) is 4. The molecule has 5 heteroatoms. The van der Waals surface area contributed by atoms with Crippen molar-refractivity contribution in [3.63, 3.8) is 0 Å². The molecule has 1 aliphatic carbocycles. The highest BCUT2D eigenvalue weighted by Crippen LogP contribution is 2.28. The zero-order valence-corrected chi connectivity index (χ0v) is 10.5. The van der Waals surface area contributed by atoms with E-state index < -0.39 is 9.84 Å². The number of sulfone groups is 1. The van der Waals surface area contributed by atoms with Crippen molar-refractivity contribution in [2.75, 3.05) is 31.3 Å². The second kappa shape index (κ2) is 5.47. The fourth-order valence-electron chi connectivity index (χ4n) is 1.97. The van der Waals surface area contributed by atoms with Gasteiger partial charge in [-0.15, -0.1) is 0 Å². The highest BCUT2D eigenvalue weighted by Gasteiger charge is 2.27. The predicted molar refractivity (Wildman–Crippen MR) is 63.2 cm³/mol. The lowest BCUT2D eigenvalue weighted by Crippen LogP contribution is -2.31. The summed E-state index contributed by atoms with van der Waals surface area (Å²) in [5.41, 5.74) is 0. The third-order valence-corrected chi connectivity index (χ3v) is 4.95. The Morgan fingerprint density at radius 2 is 2.06 bits per heavy atom. The normalized spacial score (nSPS) is 28.4. The Bertz CT molecular complexity index is 311. The van der Waals surface area contributed by atoms with Gasteiger partial charge < -0.3 is 10.1 Å². The molecule has 1 aliphatic heterocycles. The SMILES string of the molecule is O=S1(=O)CCC(NCCCOCC2CC2)C1. The second-order valence-corrected chi connectivity index (χ2v) is 7.15. The summed E-state index contributed by atoms with van der Waals surface area (Å²) in [6, 6.07) is 0.174. The molecule has 1 atom stereocenters. The molecule has 0 amide bonds. The number of nitrogens with one attached hydrogen (secondary N) is 1. The zero-order valence-electron chi connectivity index (χ0n) is 9.65. The summed E-state index contributed by atoms with van der Waals surface area (Å²) in [5, 5.41) is 3.28. The molecule has 0 aromatic heterocycles. The molecular weight excluding hydrogens is 226 g/mol. The maximum absolute atomic E-state index is 11.2. The zero-order chi connectivity index (χ0) is 11.4. The first-order chi connectivity index (χ1) is 7.66. The van der Waals surface area contributed by atoms with Crippen LogP contribution in [0.4, 0.5) is 0 Å². The van der Waals surface area contributed by atoms with E-state index in [1.807, 2.05) is 0 Å². The van der Waals surface area contributed by atoms with Gasteiger partial charge in [0.2, 0.25) is 0 Å². The fourth-order valence-corrected chi connectivity index (χ4v) is 3.68. The molecular formula is C11H21NO3S. The molecule has 1 heterocycles. The molecule has 2 aliphatic rings. The minimum Gasteiger partial charge on any atom is -0.381 e. The van der Waals surface area contributed by atoms with Crippen LogP contribution in [0.25, 0.3) is 0 Å². The summed E-state index contributed by atoms with van der Waals surface area (Å²) in [6.07, 6.45) is 4.41. The number of ether oxygens (including phenoxy) is 1. The van der Waals surface area contributed by atoms with Crippen molar-refractivity contribution < 1.29 is 13.2 Å². The van der Waals surface area contributed by atoms with Crippen LogP contribution in [-0.4, -0.2) is 45.7 Å². The van der Waals surface area contributed by atoms with E-state index in [1.54, 1.807) is 0 Å². The molecule has 0 aromatic carbocycles. The first-order valence-corrected chi connectivity index (χ1v) is 7.99. The van der Waals surface area contributed by atoms with Crippen molar-refractivity contribution in [1.29, 1.82) is 0 Å². The van der Waals surface area contributed by atoms with Crippen LogP contribution in [-0.2, 0) is 14.6 Å². The lowest BCUT2D eigenvalue weighted by molar-refractivity contribution is 0.121. The van der Waals surface area contributed by atoms with Gasteiger partial charge in [0.15, 0.2) is 9.84 Å². The Labute approximate surface area is 97.7 Å². The molecule has 0 aromatic rings. The second-order valence-electron chi connectivity index (χ2n) is 4.93. The molecule has 1 unspecified atom stereocenters. The number of rotatable bonds is 7. The highest BCUT2D eigenvalue weighted by molar-refractivity contribution is 7.91. The topological polar surface area (TPSA) is 55.4 Å². The molecule has 94 valence electrons. The molecule has 0 spiro atoms. The summed E-state index contributed by atoms with van der Waals surface area (Å²) in [5.74, 6) is 1.49. The van der Waals surface area contributed by atoms with Gasteiger partial charge in [-0.05, 0) is 38.1 Å². The average Bonchev–Trinajstić information content (AvgIpc) is 2.97. The maximum Gasteiger partial charge on any atom is 0.151 e. The van der Waals surface area contributed by atoms with Gasteiger partial charge in [-0.2, -0.15) is 0 Å². The molecule has 0 radical (unpaired) electrons. The van der Waals surface area contributed by atoms with E-state index in [9.17, 15) is 8.42 Å². The Hall–Kier alpha value is -0.130. The Morgan fingerprint density at radius 3 is 2.69 bits per heavy atom. The van der Waals surface area contributed by atoms with E-state index in [-0.39, 0.29) is 6.04 Å². The molecule has 4 nitrogen and oxygen atoms in total. The van der Waals surface area contributed by atoms with Crippen molar-refractivity contribution in [2.24, 2.45) is 5.92 Å². The minimum atomic E-state index is -2.74. The van der Waals surface area contributed by atoms with Crippen LogP contribution in [0.3, 0.4) is 0 Å². The van der Waals surface area contributed by atoms with E-state index in [2.05, 4.69) is 5.32 Å². The van der Waals surface area contributed by atoms with Gasteiger partial charge in [-0.25, -0.2) is 8.42 Å². The first kappa shape index (κ1) is 12.3. The largest absolute Gasteiger partial charge is 0.381 e. The van der Waals surface area contributed by atoms with E-state index in [0.29, 0.717) is 11.5 Å². The summed E-state index contributed by atoms with van der Waals surface area (Å²) in [7, 11) is -2.74. The van der Waals surface area contributed by atoms with Crippen LogP contribution in [0.5, 0.6) is 0 Å². The van der Waals surface area contributed by atoms with E-state index in [0.717, 1.165) is 38.5 Å². The van der Waals surface area contributed by atoms with Crippen molar-refractivity contribution in [3.05, 3.63) is 0 Å². The van der Waals surface area contributed by atoms with Crippen LogP contribution in [0.15, 0.2) is 0 Å². The van der Waals surface area contributed by atoms with Crippen molar-refractivity contribution in [2.45, 2.75) is 31.7 Å². The van der Waals surface area contributed by atoms with Crippen LogP contribution >= 0.6 is 0 Å². The molecule has 1 saturated heterocycles. The predicted octanol–water partition coefficient (Wildman–Crippen LogP) is 0.580. The molecule has 1 saturated carbocycles. The van der Waals surface area contributed by atoms with Crippen molar-refractivity contribution in [3.8, 4) is 0 Å². The molecule has 16 heavy (non-hydrogen) atoms. The van der Waals surface area contributed by atoms with Crippen LogP contribution < -0.4 is 5.32 Å². The lowest BCUT2D eigenvalue weighted by atomic mass is 10.2. The summed E-state index contributed by atoms with van der Waals surface area (Å²) < 4.78 is 27.9. The van der Waals surface area contributed by atoms with Crippen molar-refractivity contribution in [1.82, 2.24) is 5.32 Å². The number of hydrogen-bond donors (Lipinski definition) is 1. The first-order valence-electron chi connectivity index (χ1n) is 6.17. The van der Waals surface area contributed by atoms with Gasteiger partial charge in [0.05, 0.1) is 11.5 Å². The van der Waals surface area contributed by atoms with E-state index in [4.69, 9.17) is 4.74 Å². The van der Waals surface area contributed by atoms with E-state index in [1.165, 1.54) is 12.8 Å². The van der Waals surface area contributed by atoms with Crippen molar-refractivity contribution >= 4 is 9.84 Å². The quantitative estimate of drug-likeness (QED) is 0.669. The fraction of sp³-hybridized carbons (Fsp3) is 1.00. The Kier molecular flexibility index (Phi) is 4.21. The maximum atomic E-state index is 11.2. The van der Waals surface area contributed by atoms with Gasteiger partial charge in [-0.3, -0.25) is 0 Å². The standard InChI is InChI=1S/C11H21NO3S/c13-16(14)7-4-11(9-16)12-5-1-6-15-8-10-2-3-10/h10-12H,1-9H2. The summed E-state index contributed by atoms with van der Waals surface area (Å²) >= 11 is 0. The van der Waals surface area contributed by atoms with Crippen LogP contribution in [0.2, 0.25) is 0 Å². The van der Waals surface area contributed by atoms with E-state index >= 15 is 0 Å². The smallest absolute Gasteiger partial charge is 0.151 e. The third-order valence-electron chi connectivity index (χ3n) is 3.18. The molecule has 2 fully saturated rings. The van der Waals surface area contributed by atoms with Gasteiger partial charge in [-0.1, -0.05) is 0 Å². The average molecular weight is 247 g/mol. The highest BCUT2D eigenvalue weighted by atomic mass is 32.2. The molecule has 2 rings (SSSR count). The van der Waals surface area contributed by atoms with Crippen LogP contribution in [0.1, 0.15) is 25.7 Å². The van der Waals surface area contributed by atoms with Gasteiger partial charge in [0.25, 0.3) is 0 Å². The minimum absolute atomic E-state index is 0.174. The Balaban J connectivity index is 1.45. The van der Waals surface area contributed by atoms with Gasteiger partial charge >= 0.3 is 0 Å². The molecule has 0 bridgehead atoms. The lowest BCUT2D eigenvalue weighted by Gasteiger charge is -2.10. The monoisotopic (exact) mass is 247 g/mol.